The Kier molecular flexibility index (Phi) is 1.03. The van der Waals surface area contributed by atoms with E-state index in [0.29, 0.717) is 0 Å². The van der Waals surface area contributed by atoms with Gasteiger partial charge in [-0.2, -0.15) is 0 Å². The molecule has 0 aromatic carbocycles. The van der Waals surface area contributed by atoms with Gasteiger partial charge in [-0.15, -0.1) is 0 Å². The van der Waals surface area contributed by atoms with Crippen molar-refractivity contribution in [1.29, 1.82) is 0 Å². The Balaban J connectivity index is 2.60. The normalized spacial score (nSPS) is 20.2. The van der Waals surface area contributed by atoms with Crippen LogP contribution < -0.4 is 5.73 Å². The zero-order valence-corrected chi connectivity index (χ0v) is 5.60. The first-order valence-electron chi connectivity index (χ1n) is 3.23. The Morgan fingerprint density at radius 3 is 2.91 bits per heavy atom. The van der Waals surface area contributed by atoms with Crippen molar-refractivity contribution in [3.05, 3.63) is 11.3 Å². The number of halogens is 2. The van der Waals surface area contributed by atoms with Crippen molar-refractivity contribution in [3.63, 3.8) is 0 Å². The molecule has 0 atom stereocenters. The fourth-order valence-corrected chi connectivity index (χ4v) is 1.30. The zero-order chi connectivity index (χ0) is 8.06. The molecule has 0 unspecified atom stereocenters. The maximum absolute atomic E-state index is 12.9. The standard InChI is InChI=1S/C6H6F2N2O/c7-6(8)2-1-3-4(6)5(9)10-11-3/h1-2H2,(H2,9,10). The van der Waals surface area contributed by atoms with Gasteiger partial charge in [-0.1, -0.05) is 5.16 Å². The molecule has 1 heterocycles. The fourth-order valence-electron chi connectivity index (χ4n) is 1.30. The molecule has 1 aliphatic rings. The maximum Gasteiger partial charge on any atom is 0.280 e. The number of nitrogens with zero attached hydrogens (tertiary/aromatic N) is 1. The number of hydrogen-bond donors (Lipinski definition) is 1. The molecule has 0 saturated heterocycles. The van der Waals surface area contributed by atoms with Crippen LogP contribution in [-0.4, -0.2) is 5.16 Å². The van der Waals surface area contributed by atoms with E-state index in [2.05, 4.69) is 9.68 Å². The van der Waals surface area contributed by atoms with Crippen LogP contribution in [0.15, 0.2) is 4.52 Å². The molecule has 5 heteroatoms. The van der Waals surface area contributed by atoms with Crippen LogP contribution >= 0.6 is 0 Å². The molecule has 2 N–H and O–H groups in total. The highest BCUT2D eigenvalue weighted by molar-refractivity contribution is 5.46. The van der Waals surface area contributed by atoms with Gasteiger partial charge in [0, 0.05) is 12.8 Å². The van der Waals surface area contributed by atoms with Crippen LogP contribution in [0.25, 0.3) is 0 Å². The molecule has 2 rings (SSSR count). The van der Waals surface area contributed by atoms with Crippen LogP contribution in [-0.2, 0) is 12.3 Å². The lowest BCUT2D eigenvalue weighted by Gasteiger charge is -2.06. The molecule has 0 radical (unpaired) electrons. The molecular weight excluding hydrogens is 154 g/mol. The first-order valence-corrected chi connectivity index (χ1v) is 3.23. The lowest BCUT2D eigenvalue weighted by Crippen LogP contribution is -2.09. The third-order valence-electron chi connectivity index (χ3n) is 1.82. The monoisotopic (exact) mass is 160 g/mol. The van der Waals surface area contributed by atoms with Crippen molar-refractivity contribution < 1.29 is 13.3 Å². The van der Waals surface area contributed by atoms with E-state index in [4.69, 9.17) is 5.73 Å². The average molecular weight is 160 g/mol. The molecule has 1 aliphatic carbocycles. The smallest absolute Gasteiger partial charge is 0.280 e. The molecule has 0 fully saturated rings. The van der Waals surface area contributed by atoms with Crippen LogP contribution in [0.5, 0.6) is 0 Å². The number of nitrogens with two attached hydrogens (primary N) is 1. The van der Waals surface area contributed by atoms with E-state index in [1.165, 1.54) is 0 Å². The second-order valence-electron chi connectivity index (χ2n) is 2.57. The minimum Gasteiger partial charge on any atom is -0.380 e. The molecule has 0 aliphatic heterocycles. The van der Waals surface area contributed by atoms with Gasteiger partial charge < -0.3 is 10.3 Å². The number of hydrogen-bond acceptors (Lipinski definition) is 3. The van der Waals surface area contributed by atoms with Crippen molar-refractivity contribution in [2.24, 2.45) is 0 Å². The lowest BCUT2D eigenvalue weighted by atomic mass is 10.2. The third-order valence-corrected chi connectivity index (χ3v) is 1.82. The van der Waals surface area contributed by atoms with Gasteiger partial charge in [0.1, 0.15) is 11.3 Å². The van der Waals surface area contributed by atoms with Crippen LogP contribution in [0.1, 0.15) is 17.7 Å². The van der Waals surface area contributed by atoms with Crippen LogP contribution in [0.2, 0.25) is 0 Å². The van der Waals surface area contributed by atoms with Crippen LogP contribution in [0.4, 0.5) is 14.6 Å². The van der Waals surface area contributed by atoms with Crippen molar-refractivity contribution in [1.82, 2.24) is 5.16 Å². The van der Waals surface area contributed by atoms with Gasteiger partial charge in [-0.25, -0.2) is 8.78 Å². The number of rotatable bonds is 0. The van der Waals surface area contributed by atoms with Crippen LogP contribution in [0, 0.1) is 0 Å². The SMILES string of the molecule is Nc1noc2c1C(F)(F)CC2. The van der Waals surface area contributed by atoms with E-state index < -0.39 is 5.92 Å². The van der Waals surface area contributed by atoms with E-state index in [-0.39, 0.29) is 30.0 Å². The molecule has 60 valence electrons. The Labute approximate surface area is 61.2 Å². The molecule has 1 aromatic heterocycles. The molecule has 11 heavy (non-hydrogen) atoms. The van der Waals surface area contributed by atoms with Gasteiger partial charge in [0.2, 0.25) is 0 Å². The van der Waals surface area contributed by atoms with Gasteiger partial charge >= 0.3 is 0 Å². The van der Waals surface area contributed by atoms with E-state index in [1.54, 1.807) is 0 Å². The van der Waals surface area contributed by atoms with E-state index >= 15 is 0 Å². The van der Waals surface area contributed by atoms with Gasteiger partial charge in [0.05, 0.1) is 0 Å². The number of fused-ring (bicyclic) bond motifs is 1. The number of alkyl halides is 2. The van der Waals surface area contributed by atoms with Gasteiger partial charge in [0.25, 0.3) is 5.92 Å². The highest BCUT2D eigenvalue weighted by atomic mass is 19.3. The topological polar surface area (TPSA) is 52.0 Å². The summed E-state index contributed by atoms with van der Waals surface area (Å²) in [6, 6.07) is 0. The van der Waals surface area contributed by atoms with Crippen molar-refractivity contribution >= 4 is 5.82 Å². The summed E-state index contributed by atoms with van der Waals surface area (Å²) >= 11 is 0. The second-order valence-corrected chi connectivity index (χ2v) is 2.57. The summed E-state index contributed by atoms with van der Waals surface area (Å²) < 4.78 is 30.3. The minimum atomic E-state index is -2.83. The summed E-state index contributed by atoms with van der Waals surface area (Å²) in [4.78, 5) is 0. The zero-order valence-electron chi connectivity index (χ0n) is 5.60. The highest BCUT2D eigenvalue weighted by Crippen LogP contribution is 2.44. The predicted octanol–water partition coefficient (Wildman–Crippen LogP) is 1.29. The quantitative estimate of drug-likeness (QED) is 0.622. The molecule has 3 nitrogen and oxygen atoms in total. The van der Waals surface area contributed by atoms with Crippen molar-refractivity contribution in [2.45, 2.75) is 18.8 Å². The van der Waals surface area contributed by atoms with E-state index in [1.807, 2.05) is 0 Å². The summed E-state index contributed by atoms with van der Waals surface area (Å²) in [5.74, 6) is -2.78. The largest absolute Gasteiger partial charge is 0.380 e. The van der Waals surface area contributed by atoms with Crippen molar-refractivity contribution in [3.8, 4) is 0 Å². The molecule has 1 aromatic rings. The van der Waals surface area contributed by atoms with Gasteiger partial charge in [-0.3, -0.25) is 0 Å². The van der Waals surface area contributed by atoms with E-state index in [0.717, 1.165) is 0 Å². The summed E-state index contributed by atoms with van der Waals surface area (Å²) in [6.07, 6.45) is 0.0143. The minimum absolute atomic E-state index is 0.178. The highest BCUT2D eigenvalue weighted by Gasteiger charge is 2.44. The molecular formula is C6H6F2N2O. The average Bonchev–Trinajstić information content (AvgIpc) is 2.38. The molecule has 0 bridgehead atoms. The fraction of sp³-hybridized carbons (Fsp3) is 0.500. The summed E-state index contributed by atoms with van der Waals surface area (Å²) in [5, 5.41) is 3.26. The molecule has 0 spiro atoms. The van der Waals surface area contributed by atoms with Crippen LogP contribution in [0.3, 0.4) is 0 Å². The summed E-state index contributed by atoms with van der Waals surface area (Å²) in [5.41, 5.74) is 4.97. The number of nitrogen functional groups attached to an aromatic ring is 1. The van der Waals surface area contributed by atoms with E-state index in [9.17, 15) is 8.78 Å². The third kappa shape index (κ3) is 0.735. The Morgan fingerprint density at radius 2 is 2.27 bits per heavy atom. The second kappa shape index (κ2) is 1.72. The predicted molar refractivity (Wildman–Crippen MR) is 33.1 cm³/mol. The van der Waals surface area contributed by atoms with Gasteiger partial charge in [0.15, 0.2) is 5.82 Å². The van der Waals surface area contributed by atoms with Gasteiger partial charge in [-0.05, 0) is 0 Å². The number of anilines is 1. The lowest BCUT2D eigenvalue weighted by molar-refractivity contribution is -0.00124. The summed E-state index contributed by atoms with van der Waals surface area (Å²) in [7, 11) is 0. The Morgan fingerprint density at radius 1 is 1.55 bits per heavy atom. The first-order chi connectivity index (χ1) is 5.11. The maximum atomic E-state index is 12.9. The number of aryl methyl sites for hydroxylation is 1. The molecule has 0 amide bonds. The van der Waals surface area contributed by atoms with Crippen molar-refractivity contribution in [2.75, 3.05) is 5.73 Å². The Hall–Kier alpha value is -1.13. The number of aromatic nitrogens is 1. The first kappa shape index (κ1) is 6.57. The Bertz CT molecular complexity index is 295. The molecule has 0 saturated carbocycles. The summed E-state index contributed by atoms with van der Waals surface area (Å²) in [6.45, 7) is 0.